The number of hydrogen-bond donors (Lipinski definition) is 1. The monoisotopic (exact) mass is 255 g/mol. The molecule has 1 N–H and O–H groups in total. The number of hydrogen-bond acceptors (Lipinski definition) is 3. The molecule has 3 heteroatoms. The summed E-state index contributed by atoms with van der Waals surface area (Å²) in [6.45, 7) is 15.2. The highest BCUT2D eigenvalue weighted by atomic mass is 15.3. The summed E-state index contributed by atoms with van der Waals surface area (Å²) in [6.07, 6.45) is 2.48. The number of piperazine rings is 1. The second-order valence-corrected chi connectivity index (χ2v) is 6.26. The molecule has 4 atom stereocenters. The first-order chi connectivity index (χ1) is 8.45. The highest BCUT2D eigenvalue weighted by molar-refractivity contribution is 4.86. The average molecular weight is 255 g/mol. The van der Waals surface area contributed by atoms with Crippen LogP contribution in [0.4, 0.5) is 0 Å². The average Bonchev–Trinajstić information content (AvgIpc) is 2.32. The number of nitrogens with one attached hydrogen (secondary N) is 1. The predicted octanol–water partition coefficient (Wildman–Crippen LogP) is 2.18. The number of nitrogens with zero attached hydrogens (tertiary/aromatic N) is 2. The maximum Gasteiger partial charge on any atom is 0.0195 e. The predicted molar refractivity (Wildman–Crippen MR) is 80.1 cm³/mol. The summed E-state index contributed by atoms with van der Waals surface area (Å²) in [6, 6.07) is 2.67. The molecular weight excluding hydrogens is 222 g/mol. The van der Waals surface area contributed by atoms with E-state index < -0.39 is 0 Å². The first-order valence-corrected chi connectivity index (χ1v) is 7.65. The lowest BCUT2D eigenvalue weighted by Gasteiger charge is -2.45. The van der Waals surface area contributed by atoms with Crippen LogP contribution in [0.2, 0.25) is 0 Å². The van der Waals surface area contributed by atoms with Crippen molar-refractivity contribution in [2.24, 2.45) is 0 Å². The third-order valence-electron chi connectivity index (χ3n) is 4.45. The van der Waals surface area contributed by atoms with Gasteiger partial charge in [0, 0.05) is 37.3 Å². The van der Waals surface area contributed by atoms with Crippen molar-refractivity contribution in [3.8, 4) is 0 Å². The lowest BCUT2D eigenvalue weighted by molar-refractivity contribution is 0.0338. The zero-order valence-corrected chi connectivity index (χ0v) is 13.2. The van der Waals surface area contributed by atoms with E-state index in [-0.39, 0.29) is 0 Å². The van der Waals surface area contributed by atoms with Crippen LogP contribution in [0.3, 0.4) is 0 Å². The molecule has 3 nitrogen and oxygen atoms in total. The molecule has 0 aromatic heterocycles. The minimum atomic E-state index is 0.630. The van der Waals surface area contributed by atoms with Gasteiger partial charge in [-0.2, -0.15) is 0 Å². The molecule has 0 radical (unpaired) electrons. The summed E-state index contributed by atoms with van der Waals surface area (Å²) in [7, 11) is 2.25. The van der Waals surface area contributed by atoms with Crippen molar-refractivity contribution in [2.45, 2.75) is 71.6 Å². The van der Waals surface area contributed by atoms with Gasteiger partial charge in [0.2, 0.25) is 0 Å². The van der Waals surface area contributed by atoms with E-state index in [9.17, 15) is 0 Å². The van der Waals surface area contributed by atoms with E-state index in [2.05, 4.69) is 56.8 Å². The molecule has 1 aliphatic rings. The second-order valence-electron chi connectivity index (χ2n) is 6.26. The summed E-state index contributed by atoms with van der Waals surface area (Å²) >= 11 is 0. The molecule has 0 bridgehead atoms. The van der Waals surface area contributed by atoms with Crippen LogP contribution >= 0.6 is 0 Å². The van der Waals surface area contributed by atoms with Crippen molar-refractivity contribution < 1.29 is 0 Å². The van der Waals surface area contributed by atoms with E-state index in [0.717, 1.165) is 6.54 Å². The Balaban J connectivity index is 2.39. The van der Waals surface area contributed by atoms with E-state index >= 15 is 0 Å². The molecule has 0 amide bonds. The van der Waals surface area contributed by atoms with Crippen LogP contribution in [-0.4, -0.2) is 60.6 Å². The van der Waals surface area contributed by atoms with E-state index in [1.165, 1.54) is 25.9 Å². The molecule has 1 saturated heterocycles. The van der Waals surface area contributed by atoms with Gasteiger partial charge >= 0.3 is 0 Å². The Morgan fingerprint density at radius 3 is 2.22 bits per heavy atom. The third kappa shape index (κ3) is 4.52. The number of likely N-dealkylation sites (N-methyl/N-ethyl adjacent to an activating group) is 1. The van der Waals surface area contributed by atoms with Gasteiger partial charge < -0.3 is 5.32 Å². The van der Waals surface area contributed by atoms with Crippen LogP contribution < -0.4 is 5.32 Å². The van der Waals surface area contributed by atoms with Crippen molar-refractivity contribution in [1.82, 2.24) is 15.1 Å². The molecule has 0 saturated carbocycles. The minimum Gasteiger partial charge on any atom is -0.314 e. The normalized spacial score (nSPS) is 30.3. The van der Waals surface area contributed by atoms with Gasteiger partial charge in [0.1, 0.15) is 0 Å². The fourth-order valence-corrected chi connectivity index (χ4v) is 2.94. The maximum atomic E-state index is 3.60. The van der Waals surface area contributed by atoms with Gasteiger partial charge in [-0.15, -0.1) is 0 Å². The molecule has 1 aliphatic heterocycles. The van der Waals surface area contributed by atoms with Crippen LogP contribution in [0.25, 0.3) is 0 Å². The largest absolute Gasteiger partial charge is 0.314 e. The zero-order chi connectivity index (χ0) is 13.7. The molecule has 0 spiro atoms. The topological polar surface area (TPSA) is 18.5 Å². The van der Waals surface area contributed by atoms with Gasteiger partial charge in [-0.05, 0) is 54.1 Å². The summed E-state index contributed by atoms with van der Waals surface area (Å²) in [5.74, 6) is 0. The van der Waals surface area contributed by atoms with E-state index in [1.807, 2.05) is 0 Å². The fraction of sp³-hybridized carbons (Fsp3) is 1.00. The molecule has 4 unspecified atom stereocenters. The molecule has 0 aliphatic carbocycles. The van der Waals surface area contributed by atoms with Crippen LogP contribution in [-0.2, 0) is 0 Å². The Labute approximate surface area is 114 Å². The van der Waals surface area contributed by atoms with Crippen LogP contribution in [0.15, 0.2) is 0 Å². The van der Waals surface area contributed by atoms with Crippen molar-refractivity contribution in [2.75, 3.05) is 26.7 Å². The van der Waals surface area contributed by atoms with E-state index in [4.69, 9.17) is 0 Å². The summed E-state index contributed by atoms with van der Waals surface area (Å²) in [5, 5.41) is 3.60. The molecule has 1 rings (SSSR count). The molecule has 1 fully saturated rings. The summed E-state index contributed by atoms with van der Waals surface area (Å²) in [5.41, 5.74) is 0. The first kappa shape index (κ1) is 15.9. The van der Waals surface area contributed by atoms with Gasteiger partial charge in [0.05, 0.1) is 0 Å². The van der Waals surface area contributed by atoms with Crippen molar-refractivity contribution in [3.63, 3.8) is 0 Å². The third-order valence-corrected chi connectivity index (χ3v) is 4.45. The van der Waals surface area contributed by atoms with Crippen molar-refractivity contribution >= 4 is 0 Å². The van der Waals surface area contributed by atoms with Crippen LogP contribution in [0.5, 0.6) is 0 Å². The molecule has 0 aromatic rings. The highest BCUT2D eigenvalue weighted by Gasteiger charge is 2.29. The van der Waals surface area contributed by atoms with E-state index in [1.54, 1.807) is 0 Å². The summed E-state index contributed by atoms with van der Waals surface area (Å²) < 4.78 is 0. The van der Waals surface area contributed by atoms with Crippen molar-refractivity contribution in [3.05, 3.63) is 0 Å². The minimum absolute atomic E-state index is 0.630. The highest BCUT2D eigenvalue weighted by Crippen LogP contribution is 2.17. The Hall–Kier alpha value is -0.120. The maximum absolute atomic E-state index is 3.60. The Kier molecular flexibility index (Phi) is 6.61. The Morgan fingerprint density at radius 1 is 1.17 bits per heavy atom. The van der Waals surface area contributed by atoms with Crippen LogP contribution in [0.1, 0.15) is 47.5 Å². The fourth-order valence-electron chi connectivity index (χ4n) is 2.94. The lowest BCUT2D eigenvalue weighted by atomic mass is 10.0. The second kappa shape index (κ2) is 7.46. The SMILES string of the molecule is CCCNC(C)CC(C)N1CC(C)N(C)C(C)C1. The lowest BCUT2D eigenvalue weighted by Crippen LogP contribution is -2.57. The van der Waals surface area contributed by atoms with Gasteiger partial charge in [-0.3, -0.25) is 9.80 Å². The quantitative estimate of drug-likeness (QED) is 0.785. The number of rotatable bonds is 6. The smallest absolute Gasteiger partial charge is 0.0195 e. The van der Waals surface area contributed by atoms with Crippen molar-refractivity contribution in [1.29, 1.82) is 0 Å². The molecule has 1 heterocycles. The summed E-state index contributed by atoms with van der Waals surface area (Å²) in [4.78, 5) is 5.17. The van der Waals surface area contributed by atoms with Crippen LogP contribution in [0, 0.1) is 0 Å². The zero-order valence-electron chi connectivity index (χ0n) is 13.2. The van der Waals surface area contributed by atoms with Gasteiger partial charge in [-0.25, -0.2) is 0 Å². The van der Waals surface area contributed by atoms with Gasteiger partial charge in [0.25, 0.3) is 0 Å². The van der Waals surface area contributed by atoms with E-state index in [0.29, 0.717) is 24.2 Å². The molecular formula is C15H33N3. The molecule has 18 heavy (non-hydrogen) atoms. The standard InChI is InChI=1S/C15H33N3/c1-7-8-16-12(2)9-13(3)18-10-14(4)17(6)15(5)11-18/h12-16H,7-11H2,1-6H3. The molecule has 0 aromatic carbocycles. The van der Waals surface area contributed by atoms with Gasteiger partial charge in [-0.1, -0.05) is 6.92 Å². The van der Waals surface area contributed by atoms with Gasteiger partial charge in [0.15, 0.2) is 0 Å². The Bertz CT molecular complexity index is 220. The Morgan fingerprint density at radius 2 is 1.72 bits per heavy atom. The first-order valence-electron chi connectivity index (χ1n) is 7.65. The molecule has 108 valence electrons.